The zero-order valence-electron chi connectivity index (χ0n) is 19.0. The number of carbonyl (C=O) groups excluding carboxylic acids is 4. The highest BCUT2D eigenvalue weighted by molar-refractivity contribution is 5.79. The highest BCUT2D eigenvalue weighted by Crippen LogP contribution is 2.29. The summed E-state index contributed by atoms with van der Waals surface area (Å²) in [5.41, 5.74) is 0.947. The topological polar surface area (TPSA) is 105 Å². The summed E-state index contributed by atoms with van der Waals surface area (Å²) in [7, 11) is 2.91. The molecule has 0 saturated carbocycles. The molecule has 0 aliphatic carbocycles. The number of rotatable bonds is 8. The second-order valence-corrected chi connectivity index (χ2v) is 7.21. The first-order valence-electron chi connectivity index (χ1n) is 9.86. The van der Waals surface area contributed by atoms with Gasteiger partial charge in [-0.25, -0.2) is 0 Å². The molecule has 2 rings (SSSR count). The fourth-order valence-electron chi connectivity index (χ4n) is 2.14. The van der Waals surface area contributed by atoms with Gasteiger partial charge in [0.05, 0.1) is 26.1 Å². The normalized spacial score (nSPS) is 10.0. The molecule has 0 aliphatic rings. The fourth-order valence-corrected chi connectivity index (χ4v) is 2.14. The summed E-state index contributed by atoms with van der Waals surface area (Å²) in [6, 6.07) is 9.27. The average Bonchev–Trinajstić information content (AvgIpc) is 2.79. The molecule has 0 N–H and O–H groups in total. The van der Waals surface area contributed by atoms with Crippen LogP contribution in [-0.4, -0.2) is 38.7 Å². The van der Waals surface area contributed by atoms with Gasteiger partial charge >= 0.3 is 11.9 Å². The molecule has 8 nitrogen and oxygen atoms in total. The van der Waals surface area contributed by atoms with Crippen LogP contribution in [0.1, 0.15) is 48.4 Å². The van der Waals surface area contributed by atoms with E-state index in [2.05, 4.69) is 0 Å². The molecule has 172 valence electrons. The van der Waals surface area contributed by atoms with Gasteiger partial charge in [0.2, 0.25) is 0 Å². The van der Waals surface area contributed by atoms with Crippen molar-refractivity contribution >= 4 is 24.5 Å². The molecule has 0 unspecified atom stereocenters. The summed E-state index contributed by atoms with van der Waals surface area (Å²) in [5, 5.41) is 0. The van der Waals surface area contributed by atoms with Crippen LogP contribution < -0.4 is 18.9 Å². The first-order valence-corrected chi connectivity index (χ1v) is 9.86. The van der Waals surface area contributed by atoms with Crippen LogP contribution in [0, 0.1) is 11.8 Å². The molecule has 8 heteroatoms. The van der Waals surface area contributed by atoms with Crippen LogP contribution in [0.2, 0.25) is 0 Å². The van der Waals surface area contributed by atoms with Crippen LogP contribution >= 0.6 is 0 Å². The number of methoxy groups -OCH3 is 2. The van der Waals surface area contributed by atoms with E-state index in [0.29, 0.717) is 46.7 Å². The van der Waals surface area contributed by atoms with Gasteiger partial charge in [-0.2, -0.15) is 0 Å². The van der Waals surface area contributed by atoms with Gasteiger partial charge in [0.1, 0.15) is 12.6 Å². The molecular weight excluding hydrogens is 416 g/mol. The van der Waals surface area contributed by atoms with Crippen molar-refractivity contribution < 1.29 is 38.1 Å². The molecular formula is C24H28O8. The lowest BCUT2D eigenvalue weighted by molar-refractivity contribution is -0.138. The second kappa shape index (κ2) is 12.9. The average molecular weight is 444 g/mol. The molecule has 2 aromatic carbocycles. The summed E-state index contributed by atoms with van der Waals surface area (Å²) < 4.78 is 20.3. The largest absolute Gasteiger partial charge is 0.493 e. The van der Waals surface area contributed by atoms with Gasteiger partial charge in [-0.05, 0) is 36.4 Å². The number of hydrogen-bond acceptors (Lipinski definition) is 8. The molecule has 2 aromatic rings. The summed E-state index contributed by atoms with van der Waals surface area (Å²) in [4.78, 5) is 43.9. The van der Waals surface area contributed by atoms with E-state index < -0.39 is 0 Å². The number of ether oxygens (including phenoxy) is 4. The Labute approximate surface area is 187 Å². The van der Waals surface area contributed by atoms with E-state index in [1.165, 1.54) is 26.4 Å². The van der Waals surface area contributed by atoms with Crippen LogP contribution in [0.25, 0.3) is 0 Å². The first kappa shape index (κ1) is 26.4. The Kier molecular flexibility index (Phi) is 10.6. The Morgan fingerprint density at radius 1 is 0.656 bits per heavy atom. The monoisotopic (exact) mass is 444 g/mol. The van der Waals surface area contributed by atoms with Crippen molar-refractivity contribution in [2.24, 2.45) is 11.8 Å². The zero-order valence-corrected chi connectivity index (χ0v) is 19.0. The number of hydrogen-bond donors (Lipinski definition) is 0. The molecule has 0 fully saturated rings. The fraction of sp³-hybridized carbons (Fsp3) is 0.333. The Balaban J connectivity index is 0.000000320. The lowest BCUT2D eigenvalue weighted by Gasteiger charge is -2.10. The molecule has 0 aliphatic heterocycles. The maximum atomic E-state index is 11.4. The maximum absolute atomic E-state index is 11.4. The Morgan fingerprint density at radius 2 is 1.00 bits per heavy atom. The number of carbonyl (C=O) groups is 4. The van der Waals surface area contributed by atoms with Crippen LogP contribution in [0.15, 0.2) is 36.4 Å². The summed E-state index contributed by atoms with van der Waals surface area (Å²) in [6.07, 6.45) is 1.41. The van der Waals surface area contributed by atoms with Crippen molar-refractivity contribution in [2.45, 2.75) is 27.7 Å². The van der Waals surface area contributed by atoms with E-state index in [-0.39, 0.29) is 23.8 Å². The van der Waals surface area contributed by atoms with E-state index >= 15 is 0 Å². The van der Waals surface area contributed by atoms with Crippen molar-refractivity contribution in [3.8, 4) is 23.0 Å². The van der Waals surface area contributed by atoms with Crippen molar-refractivity contribution in [1.82, 2.24) is 0 Å². The van der Waals surface area contributed by atoms with Crippen molar-refractivity contribution in [1.29, 1.82) is 0 Å². The molecule has 0 saturated heterocycles. The molecule has 0 amide bonds. The van der Waals surface area contributed by atoms with Gasteiger partial charge < -0.3 is 18.9 Å². The molecule has 0 spiro atoms. The Hall–Kier alpha value is -3.68. The summed E-state index contributed by atoms with van der Waals surface area (Å²) in [5.74, 6) is 0.302. The lowest BCUT2D eigenvalue weighted by atomic mass is 10.2. The third-order valence-electron chi connectivity index (χ3n) is 4.01. The number of benzene rings is 2. The zero-order chi connectivity index (χ0) is 24.3. The Bertz CT molecular complexity index is 870. The summed E-state index contributed by atoms with van der Waals surface area (Å²) >= 11 is 0. The lowest BCUT2D eigenvalue weighted by Crippen LogP contribution is -2.15. The molecule has 0 radical (unpaired) electrons. The third-order valence-corrected chi connectivity index (χ3v) is 4.01. The standard InChI is InChI=1S/2C12H14O4/c2*1-8(2)12(14)16-10-5-4-9(7-13)6-11(10)15-3/h2*4-8H,1-3H3. The quantitative estimate of drug-likeness (QED) is 0.340. The second-order valence-electron chi connectivity index (χ2n) is 7.21. The summed E-state index contributed by atoms with van der Waals surface area (Å²) in [6.45, 7) is 6.98. The van der Waals surface area contributed by atoms with Gasteiger partial charge in [0.25, 0.3) is 0 Å². The molecule has 0 atom stereocenters. The minimum atomic E-state index is -0.336. The Morgan fingerprint density at radius 3 is 1.25 bits per heavy atom. The highest BCUT2D eigenvalue weighted by Gasteiger charge is 2.14. The van der Waals surface area contributed by atoms with Gasteiger partial charge in [0.15, 0.2) is 23.0 Å². The van der Waals surface area contributed by atoms with Gasteiger partial charge in [-0.15, -0.1) is 0 Å². The van der Waals surface area contributed by atoms with E-state index in [9.17, 15) is 19.2 Å². The van der Waals surface area contributed by atoms with Crippen molar-refractivity contribution in [3.63, 3.8) is 0 Å². The highest BCUT2D eigenvalue weighted by atomic mass is 16.6. The molecule has 0 heterocycles. The molecule has 0 bridgehead atoms. The van der Waals surface area contributed by atoms with E-state index in [4.69, 9.17) is 18.9 Å². The van der Waals surface area contributed by atoms with Crippen LogP contribution in [-0.2, 0) is 9.59 Å². The minimum Gasteiger partial charge on any atom is -0.493 e. The predicted octanol–water partition coefficient (Wildman–Crippen LogP) is 4.14. The first-order chi connectivity index (χ1) is 15.2. The van der Waals surface area contributed by atoms with Crippen LogP contribution in [0.5, 0.6) is 23.0 Å². The van der Waals surface area contributed by atoms with Crippen LogP contribution in [0.3, 0.4) is 0 Å². The smallest absolute Gasteiger partial charge is 0.313 e. The maximum Gasteiger partial charge on any atom is 0.313 e. The third kappa shape index (κ3) is 7.86. The molecule has 32 heavy (non-hydrogen) atoms. The van der Waals surface area contributed by atoms with E-state index in [1.54, 1.807) is 52.0 Å². The van der Waals surface area contributed by atoms with Crippen molar-refractivity contribution in [2.75, 3.05) is 14.2 Å². The van der Waals surface area contributed by atoms with Crippen molar-refractivity contribution in [3.05, 3.63) is 47.5 Å². The minimum absolute atomic E-state index is 0.213. The van der Waals surface area contributed by atoms with Gasteiger partial charge in [-0.3, -0.25) is 19.2 Å². The predicted molar refractivity (Wildman–Crippen MR) is 118 cm³/mol. The van der Waals surface area contributed by atoms with Gasteiger partial charge in [-0.1, -0.05) is 27.7 Å². The molecule has 0 aromatic heterocycles. The van der Waals surface area contributed by atoms with E-state index in [1.807, 2.05) is 0 Å². The number of esters is 2. The van der Waals surface area contributed by atoms with Gasteiger partial charge in [0, 0.05) is 11.1 Å². The number of aldehydes is 2. The van der Waals surface area contributed by atoms with E-state index in [0.717, 1.165) is 0 Å². The SMILES string of the molecule is COc1cc(C=O)ccc1OC(=O)C(C)C.COc1cc(C=O)ccc1OC(=O)C(C)C. The van der Waals surface area contributed by atoms with Crippen LogP contribution in [0.4, 0.5) is 0 Å².